The Hall–Kier alpha value is -5.34. The van der Waals surface area contributed by atoms with Crippen molar-refractivity contribution in [2.75, 3.05) is 39.3 Å². The first-order valence-electron chi connectivity index (χ1n) is 21.3. The molecule has 2 unspecified atom stereocenters. The van der Waals surface area contributed by atoms with E-state index in [9.17, 15) is 47.9 Å². The maximum absolute atomic E-state index is 13.3. The Labute approximate surface area is 359 Å². The van der Waals surface area contributed by atoms with Crippen LogP contribution in [0.25, 0.3) is 0 Å². The second-order valence-electron chi connectivity index (χ2n) is 15.8. The van der Waals surface area contributed by atoms with Crippen LogP contribution in [0.15, 0.2) is 0 Å². The molecule has 0 saturated heterocycles. The fourth-order valence-corrected chi connectivity index (χ4v) is 5.64. The monoisotopic (exact) mass is 868 g/mol. The molecule has 5 atom stereocenters. The highest BCUT2D eigenvalue weighted by Crippen LogP contribution is 2.11. The van der Waals surface area contributed by atoms with Gasteiger partial charge in [-0.2, -0.15) is 0 Å². The third-order valence-electron chi connectivity index (χ3n) is 9.54. The van der Waals surface area contributed by atoms with Crippen LogP contribution in [-0.2, 0) is 47.9 Å². The number of carbonyl (C=O) groups is 10. The molecule has 0 aliphatic carbocycles. The molecule has 0 aromatic heterocycles. The largest absolute Gasteiger partial charge is 0.368 e. The molecule has 0 fully saturated rings. The van der Waals surface area contributed by atoms with Crippen molar-refractivity contribution in [1.29, 1.82) is 0 Å². The van der Waals surface area contributed by atoms with Crippen LogP contribution in [0, 0.1) is 17.8 Å². The second kappa shape index (κ2) is 31.5. The maximum atomic E-state index is 13.3. The summed E-state index contributed by atoms with van der Waals surface area (Å²) in [5.74, 6) is -7.04. The van der Waals surface area contributed by atoms with Gasteiger partial charge in [-0.3, -0.25) is 47.9 Å². The van der Waals surface area contributed by atoms with Crippen LogP contribution in [0.3, 0.4) is 0 Å². The lowest BCUT2D eigenvalue weighted by molar-refractivity contribution is -0.135. The number of amides is 10. The van der Waals surface area contributed by atoms with Gasteiger partial charge in [-0.1, -0.05) is 80.6 Å². The van der Waals surface area contributed by atoms with E-state index < -0.39 is 109 Å². The van der Waals surface area contributed by atoms with Crippen LogP contribution in [0.4, 0.5) is 0 Å². The van der Waals surface area contributed by atoms with Gasteiger partial charge in [0, 0.05) is 6.42 Å². The quantitative estimate of drug-likeness (QED) is 0.0324. The standard InChI is InChI=1S/C40H73N11O10/c1-8-10-11-12-13-14-30(53)43-23-34(57)50-36(26(7)9-2)39(60)47-21-32(55)44-20-31(54)45-22-33(56)48-28(17-18-41)38(59)51-35(25(5)6)40(61)49-27(16-15-24(3)4)37(58)46-19-29(42)52/h24-28,35-36H,8-23,41H2,1-7H3,(H2,42,52)(H,43,53)(H,44,55)(H,45,54)(H,46,58)(H,47,60)(H,48,56)(H,49,61)(H,50,57)(H,51,59)/t26-,27-,28-,35?,36?/m0/s1. The predicted molar refractivity (Wildman–Crippen MR) is 227 cm³/mol. The van der Waals surface area contributed by atoms with E-state index in [1.54, 1.807) is 20.8 Å². The topological polar surface area (TPSA) is 331 Å². The van der Waals surface area contributed by atoms with Gasteiger partial charge in [0.1, 0.15) is 24.2 Å². The van der Waals surface area contributed by atoms with Crippen molar-refractivity contribution >= 4 is 59.1 Å². The van der Waals surface area contributed by atoms with Gasteiger partial charge in [0.25, 0.3) is 0 Å². The molecule has 0 rings (SSSR count). The summed E-state index contributed by atoms with van der Waals surface area (Å²) in [4.78, 5) is 126. The number of nitrogens with one attached hydrogen (secondary N) is 9. The molecular formula is C40H73N11O10. The van der Waals surface area contributed by atoms with Crippen molar-refractivity contribution in [3.05, 3.63) is 0 Å². The molecule has 21 nitrogen and oxygen atoms in total. The van der Waals surface area contributed by atoms with Crippen LogP contribution in [-0.4, -0.2) is 123 Å². The van der Waals surface area contributed by atoms with E-state index >= 15 is 0 Å². The number of primary amides is 1. The Balaban J connectivity index is 5.08. The molecule has 0 spiro atoms. The van der Waals surface area contributed by atoms with Crippen LogP contribution in [0.2, 0.25) is 0 Å². The Kier molecular flexibility index (Phi) is 28.8. The molecule has 0 aromatic carbocycles. The van der Waals surface area contributed by atoms with E-state index in [0.717, 1.165) is 32.1 Å². The summed E-state index contributed by atoms with van der Waals surface area (Å²) in [5.41, 5.74) is 10.8. The molecule has 0 bridgehead atoms. The molecule has 0 saturated carbocycles. The van der Waals surface area contributed by atoms with Crippen LogP contribution in [0.5, 0.6) is 0 Å². The van der Waals surface area contributed by atoms with E-state index in [-0.39, 0.29) is 43.7 Å². The lowest BCUT2D eigenvalue weighted by atomic mass is 9.98. The summed E-state index contributed by atoms with van der Waals surface area (Å²) in [6.07, 6.45) is 6.52. The summed E-state index contributed by atoms with van der Waals surface area (Å²) in [6.45, 7) is 10.5. The lowest BCUT2D eigenvalue weighted by Crippen LogP contribution is -2.59. The molecular weight excluding hydrogens is 795 g/mol. The number of hydrogen-bond acceptors (Lipinski definition) is 11. The van der Waals surface area contributed by atoms with Crippen molar-refractivity contribution in [3.8, 4) is 0 Å². The van der Waals surface area contributed by atoms with Crippen LogP contribution < -0.4 is 59.3 Å². The Morgan fingerprint density at radius 3 is 1.54 bits per heavy atom. The molecule has 0 radical (unpaired) electrons. The van der Waals surface area contributed by atoms with E-state index in [1.807, 2.05) is 20.8 Å². The minimum Gasteiger partial charge on any atom is -0.368 e. The smallest absolute Gasteiger partial charge is 0.243 e. The van der Waals surface area contributed by atoms with Crippen molar-refractivity contribution < 1.29 is 47.9 Å². The Morgan fingerprint density at radius 1 is 0.475 bits per heavy atom. The summed E-state index contributed by atoms with van der Waals surface area (Å²) in [6, 6.07) is -4.33. The summed E-state index contributed by atoms with van der Waals surface area (Å²) >= 11 is 0. The molecule has 13 N–H and O–H groups in total. The number of rotatable bonds is 32. The van der Waals surface area contributed by atoms with Gasteiger partial charge in [-0.05, 0) is 50.0 Å². The molecule has 21 heteroatoms. The third kappa shape index (κ3) is 25.8. The van der Waals surface area contributed by atoms with Crippen molar-refractivity contribution in [3.63, 3.8) is 0 Å². The van der Waals surface area contributed by atoms with Gasteiger partial charge in [-0.25, -0.2) is 0 Å². The zero-order valence-electron chi connectivity index (χ0n) is 37.1. The Morgan fingerprint density at radius 2 is 1.00 bits per heavy atom. The van der Waals surface area contributed by atoms with Gasteiger partial charge >= 0.3 is 0 Å². The zero-order valence-corrected chi connectivity index (χ0v) is 37.1. The zero-order chi connectivity index (χ0) is 46.5. The molecule has 0 aliphatic rings. The molecule has 348 valence electrons. The fraction of sp³-hybridized carbons (Fsp3) is 0.750. The number of hydrogen-bond donors (Lipinski definition) is 11. The summed E-state index contributed by atoms with van der Waals surface area (Å²) < 4.78 is 0. The van der Waals surface area contributed by atoms with Gasteiger partial charge in [0.2, 0.25) is 59.1 Å². The molecule has 0 aromatic rings. The van der Waals surface area contributed by atoms with Gasteiger partial charge in [0.05, 0.1) is 32.7 Å². The van der Waals surface area contributed by atoms with E-state index in [4.69, 9.17) is 11.5 Å². The maximum Gasteiger partial charge on any atom is 0.243 e. The average Bonchev–Trinajstić information content (AvgIpc) is 3.21. The second-order valence-corrected chi connectivity index (χ2v) is 15.8. The first-order valence-corrected chi connectivity index (χ1v) is 21.3. The average molecular weight is 868 g/mol. The minimum atomic E-state index is -1.20. The van der Waals surface area contributed by atoms with E-state index in [2.05, 4.69) is 54.8 Å². The third-order valence-corrected chi connectivity index (χ3v) is 9.54. The summed E-state index contributed by atoms with van der Waals surface area (Å²) in [5, 5.41) is 22.3. The van der Waals surface area contributed by atoms with Gasteiger partial charge in [-0.15, -0.1) is 0 Å². The fourth-order valence-electron chi connectivity index (χ4n) is 5.64. The minimum absolute atomic E-state index is 0.0227. The number of carbonyl (C=O) groups excluding carboxylic acids is 10. The number of nitrogens with two attached hydrogens (primary N) is 2. The van der Waals surface area contributed by atoms with Crippen LogP contribution in [0.1, 0.15) is 113 Å². The predicted octanol–water partition coefficient (Wildman–Crippen LogP) is -2.16. The van der Waals surface area contributed by atoms with Crippen molar-refractivity contribution in [2.45, 2.75) is 137 Å². The highest BCUT2D eigenvalue weighted by molar-refractivity contribution is 5.96. The van der Waals surface area contributed by atoms with E-state index in [1.165, 1.54) is 0 Å². The van der Waals surface area contributed by atoms with Gasteiger partial charge < -0.3 is 59.3 Å². The first-order chi connectivity index (χ1) is 28.7. The van der Waals surface area contributed by atoms with Crippen molar-refractivity contribution in [1.82, 2.24) is 47.9 Å². The lowest BCUT2D eigenvalue weighted by Gasteiger charge is -2.27. The Bertz CT molecular complexity index is 1460. The molecule has 0 aliphatic heterocycles. The SMILES string of the molecule is CCCCCCCC(=O)NCC(=O)NC(C(=O)NCC(=O)NCC(=O)NCC(=O)N[C@@H](CCN)C(=O)NC(C(=O)N[C@@H](CCC(C)C)C(=O)NCC(N)=O)C(C)C)[C@@H](C)CC. The highest BCUT2D eigenvalue weighted by Gasteiger charge is 2.32. The highest BCUT2D eigenvalue weighted by atomic mass is 16.2. The molecule has 10 amide bonds. The summed E-state index contributed by atoms with van der Waals surface area (Å²) in [7, 11) is 0. The molecule has 61 heavy (non-hydrogen) atoms. The van der Waals surface area contributed by atoms with Crippen LogP contribution >= 0.6 is 0 Å². The van der Waals surface area contributed by atoms with Crippen molar-refractivity contribution in [2.24, 2.45) is 29.2 Å². The van der Waals surface area contributed by atoms with E-state index in [0.29, 0.717) is 19.3 Å². The number of unbranched alkanes of at least 4 members (excludes halogenated alkanes) is 4. The normalized spacial score (nSPS) is 13.3. The molecule has 0 heterocycles. The first kappa shape index (κ1) is 55.7. The van der Waals surface area contributed by atoms with Gasteiger partial charge in [0.15, 0.2) is 0 Å².